The van der Waals surface area contributed by atoms with Gasteiger partial charge in [-0.25, -0.2) is 0 Å². The Balaban J connectivity index is 2.06. The lowest BCUT2D eigenvalue weighted by Gasteiger charge is -2.33. The van der Waals surface area contributed by atoms with E-state index >= 15 is 0 Å². The van der Waals surface area contributed by atoms with E-state index in [-0.39, 0.29) is 5.41 Å². The summed E-state index contributed by atoms with van der Waals surface area (Å²) >= 11 is 0. The summed E-state index contributed by atoms with van der Waals surface area (Å²) in [5.41, 5.74) is -0.135. The molecule has 0 amide bonds. The number of methoxy groups -OCH3 is 1. The van der Waals surface area contributed by atoms with Gasteiger partial charge in [-0.15, -0.1) is 0 Å². The zero-order valence-electron chi connectivity index (χ0n) is 12.3. The van der Waals surface area contributed by atoms with Crippen LogP contribution in [-0.2, 0) is 14.2 Å². The van der Waals surface area contributed by atoms with Gasteiger partial charge in [0.25, 0.3) is 0 Å². The summed E-state index contributed by atoms with van der Waals surface area (Å²) in [6, 6.07) is 2.53. The molecule has 0 spiro atoms. The standard InChI is InChI=1S/C15H27NO3/c1-14-3-5-15(13-16,6-4-14)7-8-18-11-12-19-10-9-17-2/h14H,3-12H2,1-2H3. The van der Waals surface area contributed by atoms with Crippen LogP contribution in [0.4, 0.5) is 0 Å². The third-order valence-electron chi connectivity index (χ3n) is 4.00. The predicted octanol–water partition coefficient (Wildman–Crippen LogP) is 2.78. The van der Waals surface area contributed by atoms with Crippen LogP contribution >= 0.6 is 0 Å². The van der Waals surface area contributed by atoms with Gasteiger partial charge in [0, 0.05) is 13.7 Å². The number of nitrogens with zero attached hydrogens (tertiary/aromatic N) is 1. The lowest BCUT2D eigenvalue weighted by Crippen LogP contribution is -2.27. The molecule has 1 rings (SSSR count). The van der Waals surface area contributed by atoms with Crippen LogP contribution in [0.25, 0.3) is 0 Å². The number of nitriles is 1. The summed E-state index contributed by atoms with van der Waals surface area (Å²) in [6.07, 6.45) is 5.26. The molecule has 0 aromatic rings. The average Bonchev–Trinajstić information content (AvgIpc) is 2.44. The van der Waals surface area contributed by atoms with Crippen molar-refractivity contribution in [2.24, 2.45) is 11.3 Å². The Kier molecular flexibility index (Phi) is 8.04. The number of ether oxygens (including phenoxy) is 3. The summed E-state index contributed by atoms with van der Waals surface area (Å²) in [5, 5.41) is 9.38. The molecule has 0 saturated heterocycles. The Morgan fingerprint density at radius 1 is 1.05 bits per heavy atom. The van der Waals surface area contributed by atoms with Gasteiger partial charge in [-0.1, -0.05) is 6.92 Å². The second-order valence-corrected chi connectivity index (χ2v) is 5.54. The van der Waals surface area contributed by atoms with Gasteiger partial charge in [0.05, 0.1) is 37.9 Å². The van der Waals surface area contributed by atoms with Crippen molar-refractivity contribution in [2.45, 2.75) is 39.0 Å². The minimum atomic E-state index is -0.135. The van der Waals surface area contributed by atoms with Crippen LogP contribution in [0.1, 0.15) is 39.0 Å². The molecule has 1 aliphatic carbocycles. The Morgan fingerprint density at radius 2 is 1.63 bits per heavy atom. The van der Waals surface area contributed by atoms with Gasteiger partial charge in [-0.05, 0) is 38.0 Å². The molecular formula is C15H27NO3. The number of rotatable bonds is 9. The zero-order valence-corrected chi connectivity index (χ0v) is 12.3. The highest BCUT2D eigenvalue weighted by Crippen LogP contribution is 2.40. The molecular weight excluding hydrogens is 242 g/mol. The average molecular weight is 269 g/mol. The van der Waals surface area contributed by atoms with E-state index in [9.17, 15) is 5.26 Å². The Bertz CT molecular complexity index is 267. The normalized spacial score (nSPS) is 27.1. The molecule has 0 N–H and O–H groups in total. The maximum absolute atomic E-state index is 9.38. The van der Waals surface area contributed by atoms with Crippen molar-refractivity contribution in [1.82, 2.24) is 0 Å². The van der Waals surface area contributed by atoms with Gasteiger partial charge in [0.2, 0.25) is 0 Å². The molecule has 0 aromatic heterocycles. The molecule has 4 heteroatoms. The van der Waals surface area contributed by atoms with Crippen molar-refractivity contribution in [3.63, 3.8) is 0 Å². The molecule has 1 saturated carbocycles. The molecule has 0 atom stereocenters. The molecule has 0 unspecified atom stereocenters. The molecule has 19 heavy (non-hydrogen) atoms. The van der Waals surface area contributed by atoms with Crippen molar-refractivity contribution in [3.05, 3.63) is 0 Å². The van der Waals surface area contributed by atoms with Crippen LogP contribution in [0, 0.1) is 22.7 Å². The second-order valence-electron chi connectivity index (χ2n) is 5.54. The van der Waals surface area contributed by atoms with Gasteiger partial charge in [-0.2, -0.15) is 5.26 Å². The minimum absolute atomic E-state index is 0.135. The monoisotopic (exact) mass is 269 g/mol. The summed E-state index contributed by atoms with van der Waals surface area (Å²) in [6.45, 7) is 5.36. The first kappa shape index (κ1) is 16.4. The Hall–Kier alpha value is -0.630. The maximum atomic E-state index is 9.38. The molecule has 0 aliphatic heterocycles. The van der Waals surface area contributed by atoms with Crippen molar-refractivity contribution in [1.29, 1.82) is 5.26 Å². The third kappa shape index (κ3) is 6.38. The van der Waals surface area contributed by atoms with Gasteiger partial charge in [-0.3, -0.25) is 0 Å². The minimum Gasteiger partial charge on any atom is -0.382 e. The van der Waals surface area contributed by atoms with E-state index in [4.69, 9.17) is 14.2 Å². The number of hydrogen-bond acceptors (Lipinski definition) is 4. The van der Waals surface area contributed by atoms with Crippen LogP contribution in [0.3, 0.4) is 0 Å². The van der Waals surface area contributed by atoms with E-state index in [0.717, 1.165) is 25.2 Å². The van der Waals surface area contributed by atoms with Gasteiger partial charge in [0.1, 0.15) is 0 Å². The van der Waals surface area contributed by atoms with Crippen LogP contribution < -0.4 is 0 Å². The fourth-order valence-electron chi connectivity index (χ4n) is 2.46. The first-order valence-corrected chi connectivity index (χ1v) is 7.28. The molecule has 1 fully saturated rings. The van der Waals surface area contributed by atoms with Gasteiger partial charge < -0.3 is 14.2 Å². The van der Waals surface area contributed by atoms with Crippen LogP contribution in [0.15, 0.2) is 0 Å². The molecule has 0 heterocycles. The first-order chi connectivity index (χ1) is 9.22. The smallest absolute Gasteiger partial charge is 0.0701 e. The summed E-state index contributed by atoms with van der Waals surface area (Å²) < 4.78 is 15.8. The lowest BCUT2D eigenvalue weighted by molar-refractivity contribution is 0.0167. The summed E-state index contributed by atoms with van der Waals surface area (Å²) in [5.74, 6) is 0.775. The molecule has 0 bridgehead atoms. The molecule has 110 valence electrons. The van der Waals surface area contributed by atoms with Crippen LogP contribution in [-0.4, -0.2) is 40.1 Å². The van der Waals surface area contributed by atoms with Gasteiger partial charge >= 0.3 is 0 Å². The van der Waals surface area contributed by atoms with E-state index in [1.54, 1.807) is 7.11 Å². The van der Waals surface area contributed by atoms with Crippen molar-refractivity contribution >= 4 is 0 Å². The predicted molar refractivity (Wildman–Crippen MR) is 73.8 cm³/mol. The summed E-state index contributed by atoms with van der Waals surface area (Å²) in [4.78, 5) is 0. The topological polar surface area (TPSA) is 51.5 Å². The van der Waals surface area contributed by atoms with E-state index < -0.39 is 0 Å². The number of hydrogen-bond donors (Lipinski definition) is 0. The van der Waals surface area contributed by atoms with E-state index in [2.05, 4.69) is 13.0 Å². The summed E-state index contributed by atoms with van der Waals surface area (Å²) in [7, 11) is 1.66. The molecule has 0 aromatic carbocycles. The van der Waals surface area contributed by atoms with Crippen LogP contribution in [0.2, 0.25) is 0 Å². The fraction of sp³-hybridized carbons (Fsp3) is 0.933. The quantitative estimate of drug-likeness (QED) is 0.604. The maximum Gasteiger partial charge on any atom is 0.0701 e. The highest BCUT2D eigenvalue weighted by atomic mass is 16.5. The lowest BCUT2D eigenvalue weighted by atomic mass is 9.70. The second kappa shape index (κ2) is 9.30. The zero-order chi connectivity index (χ0) is 14.0. The van der Waals surface area contributed by atoms with Crippen LogP contribution in [0.5, 0.6) is 0 Å². The van der Waals surface area contributed by atoms with E-state index in [0.29, 0.717) is 33.0 Å². The molecule has 1 aliphatic rings. The van der Waals surface area contributed by atoms with E-state index in [1.807, 2.05) is 0 Å². The molecule has 4 nitrogen and oxygen atoms in total. The largest absolute Gasteiger partial charge is 0.382 e. The van der Waals surface area contributed by atoms with Gasteiger partial charge in [0.15, 0.2) is 0 Å². The van der Waals surface area contributed by atoms with Crippen molar-refractivity contribution in [3.8, 4) is 6.07 Å². The highest BCUT2D eigenvalue weighted by molar-refractivity contribution is 5.01. The van der Waals surface area contributed by atoms with E-state index in [1.165, 1.54) is 12.8 Å². The van der Waals surface area contributed by atoms with Crippen molar-refractivity contribution < 1.29 is 14.2 Å². The highest BCUT2D eigenvalue weighted by Gasteiger charge is 2.33. The fourth-order valence-corrected chi connectivity index (χ4v) is 2.46. The molecule has 0 radical (unpaired) electrons. The first-order valence-electron chi connectivity index (χ1n) is 7.28. The SMILES string of the molecule is COCCOCCOCCC1(C#N)CCC(C)CC1. The third-order valence-corrected chi connectivity index (χ3v) is 4.00. The Labute approximate surface area is 117 Å². The Morgan fingerprint density at radius 3 is 2.21 bits per heavy atom. The van der Waals surface area contributed by atoms with Crippen molar-refractivity contribution in [2.75, 3.05) is 40.1 Å².